The van der Waals surface area contributed by atoms with Crippen molar-refractivity contribution >= 4 is 0 Å². The van der Waals surface area contributed by atoms with Crippen molar-refractivity contribution in [3.8, 4) is 11.8 Å². The van der Waals surface area contributed by atoms with E-state index >= 15 is 0 Å². The first kappa shape index (κ1) is 54.0. The summed E-state index contributed by atoms with van der Waals surface area (Å²) >= 11 is 0. The van der Waals surface area contributed by atoms with Gasteiger partial charge in [0.25, 0.3) is 0 Å². The number of ether oxygens (including phenoxy) is 7. The number of aliphatic hydroxyl groups is 1. The van der Waals surface area contributed by atoms with E-state index in [-0.39, 0.29) is 39.6 Å². The van der Waals surface area contributed by atoms with Crippen LogP contribution >= 0.6 is 0 Å². The standard InChI is InChI=1S/C59H73N3O8/c1-2-3-4-5-6-7-8-9-10-11-12-28-39-53(63)55(65-41-48-31-20-14-21-32-48)52(61-62-60)45-69-59-58(68-44-51-37-26-17-27-38-51)57(67-43-50-35-24-16-25-36-50)56(66-42-49-33-22-15-23-34-49)54(70-59)46-64-40-47-29-18-13-19-30-47/h13-27,29-38,52-59,63H,2-12,40-46H2,1H3/t52-,53+,54+,55-,56-,57-,58+,59-/m0/s1. The summed E-state index contributed by atoms with van der Waals surface area (Å²) < 4.78 is 47.0. The van der Waals surface area contributed by atoms with E-state index in [1.807, 2.05) is 152 Å². The molecule has 8 atom stereocenters. The highest BCUT2D eigenvalue weighted by molar-refractivity contribution is 5.18. The summed E-state index contributed by atoms with van der Waals surface area (Å²) in [5.74, 6) is 6.21. The first-order valence-corrected chi connectivity index (χ1v) is 25.3. The van der Waals surface area contributed by atoms with Crippen LogP contribution in [0, 0.1) is 11.8 Å². The largest absolute Gasteiger partial charge is 0.378 e. The summed E-state index contributed by atoms with van der Waals surface area (Å²) in [6, 6.07) is 48.4. The smallest absolute Gasteiger partial charge is 0.186 e. The van der Waals surface area contributed by atoms with E-state index < -0.39 is 49.0 Å². The summed E-state index contributed by atoms with van der Waals surface area (Å²) in [4.78, 5) is 3.22. The minimum atomic E-state index is -1.28. The van der Waals surface area contributed by atoms with Crippen LogP contribution in [0.4, 0.5) is 0 Å². The minimum Gasteiger partial charge on any atom is -0.378 e. The van der Waals surface area contributed by atoms with Crippen LogP contribution in [-0.2, 0) is 66.2 Å². The molecule has 0 aromatic heterocycles. The van der Waals surface area contributed by atoms with E-state index in [0.29, 0.717) is 13.0 Å². The number of rotatable bonds is 32. The van der Waals surface area contributed by atoms with Gasteiger partial charge in [-0.3, -0.25) is 0 Å². The van der Waals surface area contributed by atoms with Crippen molar-refractivity contribution in [1.82, 2.24) is 0 Å². The van der Waals surface area contributed by atoms with Gasteiger partial charge in [-0.15, -0.1) is 5.92 Å². The van der Waals surface area contributed by atoms with Crippen molar-refractivity contribution in [2.75, 3.05) is 13.2 Å². The van der Waals surface area contributed by atoms with Gasteiger partial charge in [0.2, 0.25) is 0 Å². The van der Waals surface area contributed by atoms with Crippen LogP contribution < -0.4 is 0 Å². The Balaban J connectivity index is 1.24. The zero-order valence-corrected chi connectivity index (χ0v) is 40.9. The SMILES string of the molecule is CCCCCCCCCCCCC#C[C@@H](O)[C@@H](OCc1ccccc1)[C@H](CO[C@H]1O[C@H](COCc2ccccc2)[C@H](OCc2ccccc2)[C@H](OCc2ccccc2)[C@H]1OCc1ccccc1)N=[N+]=[N-]. The molecule has 1 N–H and O–H groups in total. The molecule has 5 aromatic rings. The van der Waals surface area contributed by atoms with Gasteiger partial charge in [-0.25, -0.2) is 0 Å². The molecule has 0 amide bonds. The summed E-state index contributed by atoms with van der Waals surface area (Å²) in [6.07, 6.45) is 6.55. The lowest BCUT2D eigenvalue weighted by molar-refractivity contribution is -0.329. The Morgan fingerprint density at radius 2 is 1.00 bits per heavy atom. The number of nitrogens with zero attached hydrogens (tertiary/aromatic N) is 3. The van der Waals surface area contributed by atoms with E-state index in [0.717, 1.165) is 40.7 Å². The van der Waals surface area contributed by atoms with Crippen LogP contribution in [-0.4, -0.2) is 67.3 Å². The number of benzene rings is 5. The third-order valence-electron chi connectivity index (χ3n) is 12.4. The molecule has 0 aliphatic carbocycles. The van der Waals surface area contributed by atoms with Gasteiger partial charge in [-0.05, 0) is 39.8 Å². The number of unbranched alkanes of at least 4 members (excludes halogenated alkanes) is 10. The van der Waals surface area contributed by atoms with Crippen LogP contribution in [0.1, 0.15) is 105 Å². The lowest BCUT2D eigenvalue weighted by Gasteiger charge is -2.46. The fourth-order valence-corrected chi connectivity index (χ4v) is 8.47. The normalized spacial score (nSPS) is 19.0. The molecule has 0 spiro atoms. The molecule has 11 nitrogen and oxygen atoms in total. The number of hydrogen-bond donors (Lipinski definition) is 1. The highest BCUT2D eigenvalue weighted by atomic mass is 16.7. The zero-order chi connectivity index (χ0) is 48.7. The second kappa shape index (κ2) is 32.5. The fourth-order valence-electron chi connectivity index (χ4n) is 8.47. The molecule has 1 heterocycles. The third-order valence-corrected chi connectivity index (χ3v) is 12.4. The summed E-state index contributed by atoms with van der Waals surface area (Å²) in [7, 11) is 0. The third kappa shape index (κ3) is 19.4. The molecule has 0 unspecified atom stereocenters. The molecule has 0 bridgehead atoms. The molecule has 70 heavy (non-hydrogen) atoms. The molecule has 11 heteroatoms. The van der Waals surface area contributed by atoms with Crippen LogP contribution in [0.25, 0.3) is 10.4 Å². The van der Waals surface area contributed by atoms with E-state index in [1.54, 1.807) is 0 Å². The van der Waals surface area contributed by atoms with E-state index in [4.69, 9.17) is 33.2 Å². The Bertz CT molecular complexity index is 2220. The Morgan fingerprint density at radius 3 is 1.50 bits per heavy atom. The molecule has 5 aromatic carbocycles. The molecule has 6 rings (SSSR count). The first-order valence-electron chi connectivity index (χ1n) is 25.3. The highest BCUT2D eigenvalue weighted by Gasteiger charge is 2.49. The number of aliphatic hydroxyl groups excluding tert-OH is 1. The van der Waals surface area contributed by atoms with Crippen LogP contribution in [0.15, 0.2) is 157 Å². The Hall–Kier alpha value is -5.35. The van der Waals surface area contributed by atoms with Crippen LogP contribution in [0.5, 0.6) is 0 Å². The topological polar surface area (TPSA) is 134 Å². The lowest BCUT2D eigenvalue weighted by atomic mass is 9.97. The van der Waals surface area contributed by atoms with Crippen molar-refractivity contribution < 1.29 is 38.3 Å². The fraction of sp³-hybridized carbons (Fsp3) is 0.458. The second-order valence-corrected chi connectivity index (χ2v) is 17.9. The van der Waals surface area contributed by atoms with Gasteiger partial charge in [-0.1, -0.05) is 227 Å². The molecule has 1 saturated heterocycles. The zero-order valence-electron chi connectivity index (χ0n) is 40.9. The van der Waals surface area contributed by atoms with Gasteiger partial charge in [0.15, 0.2) is 6.29 Å². The summed E-state index contributed by atoms with van der Waals surface area (Å²) in [6.45, 7) is 3.44. The second-order valence-electron chi connectivity index (χ2n) is 17.9. The molecule has 1 fully saturated rings. The Labute approximate surface area is 416 Å². The van der Waals surface area contributed by atoms with Gasteiger partial charge in [0.1, 0.15) is 36.6 Å². The molecule has 0 saturated carbocycles. The van der Waals surface area contributed by atoms with E-state index in [2.05, 4.69) is 28.8 Å². The monoisotopic (exact) mass is 952 g/mol. The van der Waals surface area contributed by atoms with Crippen molar-refractivity contribution in [2.45, 2.75) is 160 Å². The Kier molecular flexibility index (Phi) is 25.1. The average molecular weight is 952 g/mol. The predicted molar refractivity (Wildman–Crippen MR) is 274 cm³/mol. The van der Waals surface area contributed by atoms with E-state index in [1.165, 1.54) is 51.4 Å². The summed E-state index contributed by atoms with van der Waals surface area (Å²) in [5.41, 5.74) is 14.8. The summed E-state index contributed by atoms with van der Waals surface area (Å²) in [5, 5.41) is 15.9. The number of hydrogen-bond acceptors (Lipinski definition) is 9. The quantitative estimate of drug-likeness (QED) is 0.0148. The van der Waals surface area contributed by atoms with Gasteiger partial charge >= 0.3 is 0 Å². The predicted octanol–water partition coefficient (Wildman–Crippen LogP) is 12.6. The van der Waals surface area contributed by atoms with Crippen molar-refractivity contribution in [1.29, 1.82) is 0 Å². The van der Waals surface area contributed by atoms with Crippen molar-refractivity contribution in [3.05, 3.63) is 190 Å². The van der Waals surface area contributed by atoms with Gasteiger partial charge < -0.3 is 38.3 Å². The highest BCUT2D eigenvalue weighted by Crippen LogP contribution is 2.32. The maximum absolute atomic E-state index is 11.7. The molecule has 372 valence electrons. The van der Waals surface area contributed by atoms with Crippen molar-refractivity contribution in [2.24, 2.45) is 5.11 Å². The maximum atomic E-state index is 11.7. The Morgan fingerprint density at radius 1 is 0.557 bits per heavy atom. The molecule has 1 aliphatic heterocycles. The van der Waals surface area contributed by atoms with E-state index in [9.17, 15) is 10.6 Å². The van der Waals surface area contributed by atoms with Gasteiger partial charge in [0.05, 0.1) is 52.3 Å². The molecular weight excluding hydrogens is 879 g/mol. The average Bonchev–Trinajstić information content (AvgIpc) is 3.40. The molecule has 0 radical (unpaired) electrons. The van der Waals surface area contributed by atoms with Crippen molar-refractivity contribution in [3.63, 3.8) is 0 Å². The van der Waals surface area contributed by atoms with Gasteiger partial charge in [-0.2, -0.15) is 0 Å². The molecular formula is C59H73N3O8. The molecule has 1 aliphatic rings. The van der Waals surface area contributed by atoms with Crippen LogP contribution in [0.3, 0.4) is 0 Å². The van der Waals surface area contributed by atoms with Gasteiger partial charge in [0, 0.05) is 11.3 Å². The lowest BCUT2D eigenvalue weighted by Crippen LogP contribution is -2.62. The maximum Gasteiger partial charge on any atom is 0.186 e. The first-order chi connectivity index (χ1) is 34.6. The minimum absolute atomic E-state index is 0.140. The number of azide groups is 1. The van der Waals surface area contributed by atoms with Crippen LogP contribution in [0.2, 0.25) is 0 Å².